The lowest BCUT2D eigenvalue weighted by atomic mass is 10.1. The number of piperidine rings is 1. The van der Waals surface area contributed by atoms with Crippen LogP contribution in [0.1, 0.15) is 80.3 Å². The second kappa shape index (κ2) is 9.40. The molecule has 0 bridgehead atoms. The minimum Gasteiger partial charge on any atom is -0.464 e. The molecular weight excluding hydrogens is 460 g/mol. The minimum absolute atomic E-state index is 0.0368. The largest absolute Gasteiger partial charge is 0.464 e. The Morgan fingerprint density at radius 2 is 1.82 bits per heavy atom. The van der Waals surface area contributed by atoms with Gasteiger partial charge in [-0.2, -0.15) is 5.10 Å². The Kier molecular flexibility index (Phi) is 6.71. The van der Waals surface area contributed by atoms with Gasteiger partial charge in [-0.3, -0.25) is 4.68 Å². The number of nitrogens with one attached hydrogen (secondary N) is 1. The van der Waals surface area contributed by atoms with Crippen molar-refractivity contribution in [1.29, 1.82) is 0 Å². The summed E-state index contributed by atoms with van der Waals surface area (Å²) >= 11 is 6.28. The molecule has 2 aromatic heterocycles. The summed E-state index contributed by atoms with van der Waals surface area (Å²) in [5.41, 5.74) is 1.83. The van der Waals surface area contributed by atoms with E-state index in [0.717, 1.165) is 37.1 Å². The third-order valence-electron chi connectivity index (χ3n) is 5.98. The van der Waals surface area contributed by atoms with Gasteiger partial charge < -0.3 is 19.7 Å². The molecule has 11 heteroatoms. The van der Waals surface area contributed by atoms with Gasteiger partial charge in [-0.05, 0) is 53.4 Å². The Morgan fingerprint density at radius 1 is 1.15 bits per heavy atom. The van der Waals surface area contributed by atoms with Gasteiger partial charge >= 0.3 is 12.1 Å². The average molecular weight is 491 g/mol. The highest BCUT2D eigenvalue weighted by atomic mass is 35.5. The Labute approximate surface area is 204 Å². The van der Waals surface area contributed by atoms with Gasteiger partial charge in [-0.25, -0.2) is 19.6 Å². The summed E-state index contributed by atoms with van der Waals surface area (Å²) in [6.45, 7) is 8.75. The van der Waals surface area contributed by atoms with E-state index < -0.39 is 11.6 Å². The highest BCUT2D eigenvalue weighted by Crippen LogP contribution is 2.42. The van der Waals surface area contributed by atoms with Crippen LogP contribution in [0.5, 0.6) is 0 Å². The predicted octanol–water partition coefficient (Wildman–Crippen LogP) is 4.61. The van der Waals surface area contributed by atoms with Crippen LogP contribution in [0, 0.1) is 6.92 Å². The van der Waals surface area contributed by atoms with Crippen LogP contribution in [0.3, 0.4) is 0 Å². The Hall–Kier alpha value is -2.88. The zero-order chi connectivity index (χ0) is 24.6. The van der Waals surface area contributed by atoms with Crippen LogP contribution in [-0.4, -0.2) is 62.5 Å². The summed E-state index contributed by atoms with van der Waals surface area (Å²) < 4.78 is 12.3. The first-order valence-corrected chi connectivity index (χ1v) is 11.9. The van der Waals surface area contributed by atoms with Gasteiger partial charge in [-0.15, -0.1) is 0 Å². The zero-order valence-electron chi connectivity index (χ0n) is 20.2. The van der Waals surface area contributed by atoms with E-state index in [1.807, 2.05) is 32.4 Å². The van der Waals surface area contributed by atoms with Gasteiger partial charge in [0.25, 0.3) is 0 Å². The molecule has 0 radical (unpaired) electrons. The molecule has 0 spiro atoms. The number of aromatic nitrogens is 4. The van der Waals surface area contributed by atoms with Gasteiger partial charge in [0.1, 0.15) is 5.60 Å². The molecule has 0 unspecified atom stereocenters. The average Bonchev–Trinajstić information content (AvgIpc) is 3.57. The molecule has 0 atom stereocenters. The number of hydrogen-bond donors (Lipinski definition) is 1. The van der Waals surface area contributed by atoms with Crippen molar-refractivity contribution in [2.24, 2.45) is 0 Å². The quantitative estimate of drug-likeness (QED) is 0.604. The molecule has 10 nitrogen and oxygen atoms in total. The van der Waals surface area contributed by atoms with Gasteiger partial charge in [0.2, 0.25) is 0 Å². The summed E-state index contributed by atoms with van der Waals surface area (Å²) in [5, 5.41) is 8.03. The number of ether oxygens (including phenoxy) is 2. The number of amides is 1. The SMILES string of the molecule is COC(=O)c1nc(Cl)c(C2CC2)nc1Nc1cnn(C2CCN(C(=O)OC(C)(C)C)CC2)c1C. The molecule has 0 aromatic carbocycles. The van der Waals surface area contributed by atoms with Crippen LogP contribution < -0.4 is 5.32 Å². The van der Waals surface area contributed by atoms with Gasteiger partial charge in [0.05, 0.1) is 36.4 Å². The number of methoxy groups -OCH3 is 1. The number of esters is 1. The van der Waals surface area contributed by atoms with Crippen molar-refractivity contribution in [3.05, 3.63) is 28.4 Å². The standard InChI is InChI=1S/C23H31ClN6O4/c1-13-16(26-20-18(21(31)33-5)27-19(24)17(28-20)14-6-7-14)12-25-30(13)15-8-10-29(11-9-15)22(32)34-23(2,3)4/h12,14-15H,6-11H2,1-5H3,(H,26,28). The number of nitrogens with zero attached hydrogens (tertiary/aromatic N) is 5. The van der Waals surface area contributed by atoms with Crippen LogP contribution >= 0.6 is 11.6 Å². The Bertz CT molecular complexity index is 1080. The first-order valence-electron chi connectivity index (χ1n) is 11.5. The minimum atomic E-state index is -0.612. The zero-order valence-corrected chi connectivity index (χ0v) is 21.0. The molecule has 1 saturated carbocycles. The van der Waals surface area contributed by atoms with E-state index in [1.54, 1.807) is 11.1 Å². The maximum atomic E-state index is 12.4. The molecule has 4 rings (SSSR count). The van der Waals surface area contributed by atoms with Crippen LogP contribution in [-0.2, 0) is 9.47 Å². The Morgan fingerprint density at radius 3 is 2.41 bits per heavy atom. The van der Waals surface area contributed by atoms with Crippen molar-refractivity contribution >= 4 is 35.2 Å². The lowest BCUT2D eigenvalue weighted by molar-refractivity contribution is 0.0184. The van der Waals surface area contributed by atoms with Crippen molar-refractivity contribution in [3.8, 4) is 0 Å². The topological polar surface area (TPSA) is 111 Å². The fourth-order valence-corrected chi connectivity index (χ4v) is 4.31. The smallest absolute Gasteiger partial charge is 0.410 e. The second-order valence-electron chi connectivity index (χ2n) is 9.77. The summed E-state index contributed by atoms with van der Waals surface area (Å²) in [5.74, 6) is -0.0365. The van der Waals surface area contributed by atoms with E-state index in [1.165, 1.54) is 7.11 Å². The number of anilines is 2. The van der Waals surface area contributed by atoms with E-state index in [9.17, 15) is 9.59 Å². The summed E-state index contributed by atoms with van der Waals surface area (Å²) in [7, 11) is 1.30. The number of halogens is 1. The van der Waals surface area contributed by atoms with Crippen molar-refractivity contribution in [3.63, 3.8) is 0 Å². The maximum Gasteiger partial charge on any atom is 0.410 e. The molecular formula is C23H31ClN6O4. The number of rotatable bonds is 5. The molecule has 1 aliphatic heterocycles. The molecule has 1 N–H and O–H groups in total. The molecule has 184 valence electrons. The van der Waals surface area contributed by atoms with Gasteiger partial charge in [0, 0.05) is 19.0 Å². The van der Waals surface area contributed by atoms with E-state index in [-0.39, 0.29) is 28.9 Å². The molecule has 2 fully saturated rings. The van der Waals surface area contributed by atoms with E-state index >= 15 is 0 Å². The Balaban J connectivity index is 1.49. The molecule has 3 heterocycles. The lowest BCUT2D eigenvalue weighted by Crippen LogP contribution is -2.42. The fraction of sp³-hybridized carbons (Fsp3) is 0.609. The number of hydrogen-bond acceptors (Lipinski definition) is 8. The third-order valence-corrected chi connectivity index (χ3v) is 6.26. The third kappa shape index (κ3) is 5.27. The highest BCUT2D eigenvalue weighted by Gasteiger charge is 2.32. The normalized spacial score (nSPS) is 16.9. The van der Waals surface area contributed by atoms with E-state index in [4.69, 9.17) is 21.1 Å². The number of carbonyl (C=O) groups is 2. The molecule has 1 amide bonds. The fourth-order valence-electron chi connectivity index (χ4n) is 4.03. The monoisotopic (exact) mass is 490 g/mol. The number of carbonyl (C=O) groups excluding carboxylic acids is 2. The molecule has 2 aromatic rings. The van der Waals surface area contributed by atoms with Crippen molar-refractivity contribution in [2.75, 3.05) is 25.5 Å². The lowest BCUT2D eigenvalue weighted by Gasteiger charge is -2.33. The van der Waals surface area contributed by atoms with Crippen LogP contribution in [0.2, 0.25) is 5.15 Å². The van der Waals surface area contributed by atoms with Crippen molar-refractivity contribution in [1.82, 2.24) is 24.6 Å². The van der Waals surface area contributed by atoms with E-state index in [2.05, 4.69) is 20.4 Å². The van der Waals surface area contributed by atoms with Crippen molar-refractivity contribution in [2.45, 2.75) is 70.9 Å². The van der Waals surface area contributed by atoms with Gasteiger partial charge in [-0.1, -0.05) is 11.6 Å². The number of likely N-dealkylation sites (tertiary alicyclic amines) is 1. The van der Waals surface area contributed by atoms with Crippen LogP contribution in [0.4, 0.5) is 16.3 Å². The van der Waals surface area contributed by atoms with Crippen LogP contribution in [0.25, 0.3) is 0 Å². The molecule has 2 aliphatic rings. The highest BCUT2D eigenvalue weighted by molar-refractivity contribution is 6.30. The predicted molar refractivity (Wildman–Crippen MR) is 127 cm³/mol. The molecule has 1 aliphatic carbocycles. The maximum absolute atomic E-state index is 12.4. The first kappa shape index (κ1) is 24.3. The van der Waals surface area contributed by atoms with Gasteiger partial charge in [0.15, 0.2) is 16.7 Å². The van der Waals surface area contributed by atoms with Crippen LogP contribution in [0.15, 0.2) is 6.20 Å². The van der Waals surface area contributed by atoms with Crippen molar-refractivity contribution < 1.29 is 19.1 Å². The second-order valence-corrected chi connectivity index (χ2v) is 10.1. The van der Waals surface area contributed by atoms with E-state index in [0.29, 0.717) is 24.6 Å². The molecule has 34 heavy (non-hydrogen) atoms. The first-order chi connectivity index (χ1) is 16.1. The molecule has 1 saturated heterocycles. The summed E-state index contributed by atoms with van der Waals surface area (Å²) in [6.07, 6.45) is 4.97. The summed E-state index contributed by atoms with van der Waals surface area (Å²) in [6, 6.07) is 0.146. The summed E-state index contributed by atoms with van der Waals surface area (Å²) in [4.78, 5) is 35.3.